The zero-order chi connectivity index (χ0) is 14.8. The molecule has 0 aliphatic carbocycles. The lowest BCUT2D eigenvalue weighted by molar-refractivity contribution is 0.137. The van der Waals surface area contributed by atoms with Crippen LogP contribution in [0.5, 0.6) is 0 Å². The predicted octanol–water partition coefficient (Wildman–Crippen LogP) is 3.59. The van der Waals surface area contributed by atoms with Crippen LogP contribution in [0.3, 0.4) is 0 Å². The van der Waals surface area contributed by atoms with Crippen LogP contribution in [0.1, 0.15) is 36.6 Å². The molecular formula is C16H19N5S. The normalized spacial score (nSPS) is 19.5. The second kappa shape index (κ2) is 6.06. The summed E-state index contributed by atoms with van der Waals surface area (Å²) in [6, 6.07) is 6.75. The Balaban J connectivity index is 1.58. The first-order valence-electron chi connectivity index (χ1n) is 7.71. The van der Waals surface area contributed by atoms with Gasteiger partial charge in [-0.05, 0) is 36.9 Å². The van der Waals surface area contributed by atoms with Gasteiger partial charge < -0.3 is 0 Å². The summed E-state index contributed by atoms with van der Waals surface area (Å²) in [6.07, 6.45) is 7.54. The first-order chi connectivity index (χ1) is 10.9. The lowest BCUT2D eigenvalue weighted by Crippen LogP contribution is -2.33. The van der Waals surface area contributed by atoms with Crippen molar-refractivity contribution in [3.05, 3.63) is 47.2 Å². The number of aromatic nitrogens is 4. The molecule has 0 amide bonds. The maximum Gasteiger partial charge on any atom is 0.0794 e. The molecule has 0 aromatic carbocycles. The molecule has 1 saturated heterocycles. The molecule has 4 rings (SSSR count). The van der Waals surface area contributed by atoms with E-state index in [-0.39, 0.29) is 0 Å². The van der Waals surface area contributed by atoms with Gasteiger partial charge in [0.15, 0.2) is 0 Å². The van der Waals surface area contributed by atoms with Crippen LogP contribution in [0.4, 0.5) is 0 Å². The SMILES string of the molecule is c1csc(-c2[nH]ncc2CN2CCCCC2c2ccn[nH]2)c1. The van der Waals surface area contributed by atoms with Gasteiger partial charge in [0.05, 0.1) is 28.5 Å². The Labute approximate surface area is 133 Å². The van der Waals surface area contributed by atoms with E-state index in [9.17, 15) is 0 Å². The summed E-state index contributed by atoms with van der Waals surface area (Å²) in [5, 5.41) is 16.8. The first kappa shape index (κ1) is 13.7. The fourth-order valence-corrected chi connectivity index (χ4v) is 4.02. The molecule has 0 saturated carbocycles. The second-order valence-corrected chi connectivity index (χ2v) is 6.69. The molecule has 0 bridgehead atoms. The second-order valence-electron chi connectivity index (χ2n) is 5.74. The third kappa shape index (κ3) is 2.60. The number of nitrogens with one attached hydrogen (secondary N) is 2. The number of hydrogen-bond acceptors (Lipinski definition) is 4. The Kier molecular flexibility index (Phi) is 3.78. The standard InChI is InChI=1S/C16H19N5S/c1-2-8-21(14(4-1)13-6-7-17-19-13)11-12-10-18-20-16(12)15-5-3-9-22-15/h3,5-7,9-10,14H,1-2,4,8,11H2,(H,17,19)(H,18,20). The minimum Gasteiger partial charge on any atom is -0.290 e. The molecule has 0 spiro atoms. The zero-order valence-corrected chi connectivity index (χ0v) is 13.1. The van der Waals surface area contributed by atoms with Crippen molar-refractivity contribution in [3.8, 4) is 10.6 Å². The lowest BCUT2D eigenvalue weighted by Gasteiger charge is -2.34. The number of likely N-dealkylation sites (tertiary alicyclic amines) is 1. The van der Waals surface area contributed by atoms with Crippen LogP contribution in [0.2, 0.25) is 0 Å². The fraction of sp³-hybridized carbons (Fsp3) is 0.375. The van der Waals surface area contributed by atoms with Crippen LogP contribution in [-0.2, 0) is 6.54 Å². The van der Waals surface area contributed by atoms with Gasteiger partial charge in [0.2, 0.25) is 0 Å². The number of piperidine rings is 1. The zero-order valence-electron chi connectivity index (χ0n) is 12.3. The molecule has 1 unspecified atom stereocenters. The lowest BCUT2D eigenvalue weighted by atomic mass is 9.98. The molecular weight excluding hydrogens is 294 g/mol. The molecule has 114 valence electrons. The van der Waals surface area contributed by atoms with Crippen LogP contribution < -0.4 is 0 Å². The van der Waals surface area contributed by atoms with E-state index in [1.165, 1.54) is 35.4 Å². The largest absolute Gasteiger partial charge is 0.290 e. The Morgan fingerprint density at radius 3 is 3.05 bits per heavy atom. The highest BCUT2D eigenvalue weighted by Crippen LogP contribution is 2.33. The van der Waals surface area contributed by atoms with Crippen molar-refractivity contribution in [2.75, 3.05) is 6.54 Å². The predicted molar refractivity (Wildman–Crippen MR) is 87.5 cm³/mol. The average molecular weight is 313 g/mol. The van der Waals surface area contributed by atoms with Crippen molar-refractivity contribution in [2.24, 2.45) is 0 Å². The summed E-state index contributed by atoms with van der Waals surface area (Å²) in [6.45, 7) is 2.05. The van der Waals surface area contributed by atoms with Crippen LogP contribution >= 0.6 is 11.3 Å². The average Bonchev–Trinajstić information content (AvgIpc) is 3.30. The van der Waals surface area contributed by atoms with E-state index >= 15 is 0 Å². The van der Waals surface area contributed by atoms with E-state index in [4.69, 9.17) is 0 Å². The molecule has 3 aromatic rings. The first-order valence-corrected chi connectivity index (χ1v) is 8.59. The van der Waals surface area contributed by atoms with E-state index in [0.717, 1.165) is 18.8 Å². The molecule has 2 N–H and O–H groups in total. The molecule has 5 nitrogen and oxygen atoms in total. The molecule has 0 radical (unpaired) electrons. The van der Waals surface area contributed by atoms with Crippen molar-refractivity contribution < 1.29 is 0 Å². The van der Waals surface area contributed by atoms with Gasteiger partial charge in [0, 0.05) is 18.3 Å². The van der Waals surface area contributed by atoms with Gasteiger partial charge >= 0.3 is 0 Å². The van der Waals surface area contributed by atoms with Crippen molar-refractivity contribution in [3.63, 3.8) is 0 Å². The molecule has 1 atom stereocenters. The van der Waals surface area contributed by atoms with E-state index in [2.05, 4.69) is 48.9 Å². The van der Waals surface area contributed by atoms with Crippen molar-refractivity contribution in [1.82, 2.24) is 25.3 Å². The smallest absolute Gasteiger partial charge is 0.0794 e. The van der Waals surface area contributed by atoms with Crippen LogP contribution in [0, 0.1) is 0 Å². The van der Waals surface area contributed by atoms with E-state index < -0.39 is 0 Å². The maximum absolute atomic E-state index is 4.27. The number of rotatable bonds is 4. The molecule has 6 heteroatoms. The van der Waals surface area contributed by atoms with Gasteiger partial charge in [-0.2, -0.15) is 10.2 Å². The Morgan fingerprint density at radius 2 is 2.23 bits per heavy atom. The summed E-state index contributed by atoms with van der Waals surface area (Å²) in [7, 11) is 0. The number of thiophene rings is 1. The summed E-state index contributed by atoms with van der Waals surface area (Å²) in [5.41, 5.74) is 3.65. The minimum atomic E-state index is 0.433. The number of H-pyrrole nitrogens is 2. The number of hydrogen-bond donors (Lipinski definition) is 2. The van der Waals surface area contributed by atoms with Gasteiger partial charge in [-0.15, -0.1) is 11.3 Å². The van der Waals surface area contributed by atoms with Gasteiger partial charge in [-0.1, -0.05) is 12.5 Å². The highest BCUT2D eigenvalue weighted by molar-refractivity contribution is 7.13. The Bertz CT molecular complexity index is 701. The van der Waals surface area contributed by atoms with Crippen LogP contribution in [0.15, 0.2) is 36.0 Å². The third-order valence-electron chi connectivity index (χ3n) is 4.35. The quantitative estimate of drug-likeness (QED) is 0.774. The summed E-state index contributed by atoms with van der Waals surface area (Å²) < 4.78 is 0. The topological polar surface area (TPSA) is 60.6 Å². The Morgan fingerprint density at radius 1 is 1.23 bits per heavy atom. The van der Waals surface area contributed by atoms with E-state index in [1.807, 2.05) is 12.4 Å². The van der Waals surface area contributed by atoms with E-state index in [1.54, 1.807) is 11.3 Å². The van der Waals surface area contributed by atoms with E-state index in [0.29, 0.717) is 6.04 Å². The third-order valence-corrected chi connectivity index (χ3v) is 5.24. The molecule has 3 aromatic heterocycles. The van der Waals surface area contributed by atoms with Gasteiger partial charge in [-0.3, -0.25) is 15.1 Å². The highest BCUT2D eigenvalue weighted by Gasteiger charge is 2.26. The Hall–Kier alpha value is -1.92. The van der Waals surface area contributed by atoms with Gasteiger partial charge in [0.25, 0.3) is 0 Å². The minimum absolute atomic E-state index is 0.433. The highest BCUT2D eigenvalue weighted by atomic mass is 32.1. The molecule has 4 heterocycles. The monoisotopic (exact) mass is 313 g/mol. The molecule has 1 aliphatic rings. The molecule has 22 heavy (non-hydrogen) atoms. The van der Waals surface area contributed by atoms with Gasteiger partial charge in [0.1, 0.15) is 0 Å². The van der Waals surface area contributed by atoms with Crippen molar-refractivity contribution >= 4 is 11.3 Å². The number of nitrogens with zero attached hydrogens (tertiary/aromatic N) is 3. The summed E-state index contributed by atoms with van der Waals surface area (Å²) >= 11 is 1.75. The van der Waals surface area contributed by atoms with Crippen LogP contribution in [0.25, 0.3) is 10.6 Å². The molecule has 1 fully saturated rings. The van der Waals surface area contributed by atoms with Gasteiger partial charge in [-0.25, -0.2) is 0 Å². The fourth-order valence-electron chi connectivity index (χ4n) is 3.27. The number of aromatic amines is 2. The molecule has 1 aliphatic heterocycles. The maximum atomic E-state index is 4.27. The van der Waals surface area contributed by atoms with Crippen molar-refractivity contribution in [2.45, 2.75) is 31.8 Å². The van der Waals surface area contributed by atoms with Crippen LogP contribution in [-0.4, -0.2) is 31.8 Å². The summed E-state index contributed by atoms with van der Waals surface area (Å²) in [5.74, 6) is 0. The summed E-state index contributed by atoms with van der Waals surface area (Å²) in [4.78, 5) is 3.79. The van der Waals surface area contributed by atoms with Crippen molar-refractivity contribution in [1.29, 1.82) is 0 Å².